The normalized spacial score (nSPS) is 22.3. The molecule has 1 saturated heterocycles. The van der Waals surface area contributed by atoms with Crippen molar-refractivity contribution in [2.24, 2.45) is 5.92 Å². The topological polar surface area (TPSA) is 78.5 Å². The largest absolute Gasteiger partial charge is 0.350 e. The van der Waals surface area contributed by atoms with E-state index in [4.69, 9.17) is 0 Å². The number of thioether (sulfide) groups is 1. The molecule has 0 radical (unpaired) electrons. The first kappa shape index (κ1) is 23.4. The quantitative estimate of drug-likeness (QED) is 0.651. The number of nitrogens with zero attached hydrogens (tertiary/aromatic N) is 1. The molecule has 0 unspecified atom stereocenters. The van der Waals surface area contributed by atoms with Crippen LogP contribution in [0.3, 0.4) is 0 Å². The summed E-state index contributed by atoms with van der Waals surface area (Å²) in [5.41, 5.74) is 2.61. The van der Waals surface area contributed by atoms with Crippen LogP contribution in [0.1, 0.15) is 61.0 Å². The smallest absolute Gasteiger partial charge is 0.256 e. The molecule has 2 aromatic carbocycles. The minimum atomic E-state index is -0.675. The molecule has 2 aromatic rings. The summed E-state index contributed by atoms with van der Waals surface area (Å²) in [6, 6.07) is 15.9. The molecule has 0 aromatic heterocycles. The molecule has 0 aliphatic carbocycles. The highest BCUT2D eigenvalue weighted by Gasteiger charge is 2.57. The number of nitrogens with one attached hydrogen (secondary N) is 2. The Labute approximate surface area is 199 Å². The zero-order valence-electron chi connectivity index (χ0n) is 19.5. The van der Waals surface area contributed by atoms with Gasteiger partial charge in [0.25, 0.3) is 5.91 Å². The summed E-state index contributed by atoms with van der Waals surface area (Å²) in [7, 11) is 0. The molecule has 0 bridgehead atoms. The first-order valence-electron chi connectivity index (χ1n) is 11.5. The van der Waals surface area contributed by atoms with Crippen molar-refractivity contribution in [2.45, 2.75) is 62.9 Å². The van der Waals surface area contributed by atoms with E-state index in [9.17, 15) is 14.4 Å². The average molecular weight is 466 g/mol. The fourth-order valence-electron chi connectivity index (χ4n) is 4.63. The van der Waals surface area contributed by atoms with Gasteiger partial charge < -0.3 is 15.5 Å². The third kappa shape index (κ3) is 4.38. The molecule has 3 amide bonds. The minimum Gasteiger partial charge on any atom is -0.350 e. The molecule has 4 rings (SSSR count). The van der Waals surface area contributed by atoms with Crippen LogP contribution in [0.5, 0.6) is 0 Å². The van der Waals surface area contributed by atoms with E-state index in [0.29, 0.717) is 12.1 Å². The summed E-state index contributed by atoms with van der Waals surface area (Å²) < 4.78 is -0.488. The van der Waals surface area contributed by atoms with E-state index in [-0.39, 0.29) is 29.0 Å². The summed E-state index contributed by atoms with van der Waals surface area (Å²) in [6.07, 6.45) is 0.739. The molecule has 4 atom stereocenters. The van der Waals surface area contributed by atoms with Gasteiger partial charge in [-0.05, 0) is 37.0 Å². The lowest BCUT2D eigenvalue weighted by Crippen LogP contribution is -2.58. The molecule has 1 fully saturated rings. The Kier molecular flexibility index (Phi) is 6.52. The second kappa shape index (κ2) is 9.21. The van der Waals surface area contributed by atoms with Gasteiger partial charge in [0.2, 0.25) is 11.8 Å². The number of amides is 3. The van der Waals surface area contributed by atoms with Gasteiger partial charge in [0.1, 0.15) is 17.5 Å². The highest BCUT2D eigenvalue weighted by Crippen LogP contribution is 2.56. The van der Waals surface area contributed by atoms with Crippen LogP contribution in [-0.4, -0.2) is 39.5 Å². The van der Waals surface area contributed by atoms with E-state index >= 15 is 0 Å². The SMILES string of the molecule is CC[C@H](C)[C@H](NC(=O)[C@@H]1N2C(=O)c3ccccc3[C@@H]2SC1(C)C)C(=O)NCc1ccccc1. The van der Waals surface area contributed by atoms with Crippen molar-refractivity contribution < 1.29 is 14.4 Å². The monoisotopic (exact) mass is 465 g/mol. The van der Waals surface area contributed by atoms with Gasteiger partial charge in [-0.3, -0.25) is 14.4 Å². The molecule has 2 aliphatic heterocycles. The maximum absolute atomic E-state index is 13.6. The van der Waals surface area contributed by atoms with Crippen LogP contribution >= 0.6 is 11.8 Å². The van der Waals surface area contributed by atoms with Gasteiger partial charge in [-0.15, -0.1) is 11.8 Å². The molecule has 2 heterocycles. The summed E-state index contributed by atoms with van der Waals surface area (Å²) in [6.45, 7) is 8.34. The van der Waals surface area contributed by atoms with Crippen molar-refractivity contribution in [3.8, 4) is 0 Å². The lowest BCUT2D eigenvalue weighted by Gasteiger charge is -2.32. The molecule has 174 valence electrons. The van der Waals surface area contributed by atoms with Gasteiger partial charge in [0, 0.05) is 16.9 Å². The van der Waals surface area contributed by atoms with Gasteiger partial charge in [-0.2, -0.15) is 0 Å². The Morgan fingerprint density at radius 1 is 1.09 bits per heavy atom. The lowest BCUT2D eigenvalue weighted by molar-refractivity contribution is -0.133. The van der Waals surface area contributed by atoms with Crippen LogP contribution < -0.4 is 10.6 Å². The zero-order chi connectivity index (χ0) is 23.8. The molecule has 0 saturated carbocycles. The van der Waals surface area contributed by atoms with Gasteiger partial charge in [-0.1, -0.05) is 68.8 Å². The second-order valence-corrected chi connectivity index (χ2v) is 11.1. The Morgan fingerprint density at radius 2 is 1.76 bits per heavy atom. The summed E-state index contributed by atoms with van der Waals surface area (Å²) in [4.78, 5) is 41.6. The molecule has 6 nitrogen and oxygen atoms in total. The molecular formula is C26H31N3O3S. The third-order valence-corrected chi connectivity index (χ3v) is 8.18. The number of benzene rings is 2. The minimum absolute atomic E-state index is 0.0517. The number of fused-ring (bicyclic) bond motifs is 3. The number of hydrogen-bond acceptors (Lipinski definition) is 4. The van der Waals surface area contributed by atoms with Crippen LogP contribution in [0, 0.1) is 5.92 Å². The molecule has 7 heteroatoms. The van der Waals surface area contributed by atoms with E-state index in [1.54, 1.807) is 16.7 Å². The maximum atomic E-state index is 13.6. The van der Waals surface area contributed by atoms with Crippen LogP contribution in [-0.2, 0) is 16.1 Å². The summed E-state index contributed by atoms with van der Waals surface area (Å²) in [5.74, 6) is -0.666. The lowest BCUT2D eigenvalue weighted by atomic mass is 9.95. The van der Waals surface area contributed by atoms with Crippen molar-refractivity contribution in [3.63, 3.8) is 0 Å². The van der Waals surface area contributed by atoms with Gasteiger partial charge in [0.15, 0.2) is 0 Å². The fraction of sp³-hybridized carbons (Fsp3) is 0.423. The maximum Gasteiger partial charge on any atom is 0.256 e. The van der Waals surface area contributed by atoms with E-state index in [1.165, 1.54) is 0 Å². The molecule has 33 heavy (non-hydrogen) atoms. The third-order valence-electron chi connectivity index (χ3n) is 6.65. The number of rotatable bonds is 7. The van der Waals surface area contributed by atoms with E-state index in [2.05, 4.69) is 10.6 Å². The van der Waals surface area contributed by atoms with Crippen molar-refractivity contribution in [3.05, 3.63) is 71.3 Å². The number of carbonyl (C=O) groups excluding carboxylic acids is 3. The number of hydrogen-bond donors (Lipinski definition) is 2. The fourth-order valence-corrected chi connectivity index (χ4v) is 6.22. The van der Waals surface area contributed by atoms with Crippen LogP contribution in [0.15, 0.2) is 54.6 Å². The molecule has 0 spiro atoms. The summed E-state index contributed by atoms with van der Waals surface area (Å²) >= 11 is 1.62. The van der Waals surface area contributed by atoms with Crippen LogP contribution in [0.4, 0.5) is 0 Å². The molecule has 2 aliphatic rings. The van der Waals surface area contributed by atoms with E-state index in [1.807, 2.05) is 82.3 Å². The van der Waals surface area contributed by atoms with Crippen molar-refractivity contribution in [2.75, 3.05) is 0 Å². The Bertz CT molecular complexity index is 1060. The average Bonchev–Trinajstić information content (AvgIpc) is 3.24. The predicted octanol–water partition coefficient (Wildman–Crippen LogP) is 3.88. The van der Waals surface area contributed by atoms with Crippen molar-refractivity contribution in [1.29, 1.82) is 0 Å². The van der Waals surface area contributed by atoms with E-state index in [0.717, 1.165) is 17.5 Å². The Balaban J connectivity index is 1.53. The molecule has 2 N–H and O–H groups in total. The van der Waals surface area contributed by atoms with Crippen molar-refractivity contribution in [1.82, 2.24) is 15.5 Å². The number of carbonyl (C=O) groups is 3. The second-order valence-electron chi connectivity index (χ2n) is 9.35. The van der Waals surface area contributed by atoms with Crippen molar-refractivity contribution >= 4 is 29.5 Å². The van der Waals surface area contributed by atoms with Gasteiger partial charge >= 0.3 is 0 Å². The first-order valence-corrected chi connectivity index (χ1v) is 12.3. The highest BCUT2D eigenvalue weighted by molar-refractivity contribution is 8.01. The van der Waals surface area contributed by atoms with Gasteiger partial charge in [0.05, 0.1) is 0 Å². The van der Waals surface area contributed by atoms with Gasteiger partial charge in [-0.25, -0.2) is 0 Å². The highest BCUT2D eigenvalue weighted by atomic mass is 32.2. The van der Waals surface area contributed by atoms with Crippen LogP contribution in [0.2, 0.25) is 0 Å². The predicted molar refractivity (Wildman–Crippen MR) is 130 cm³/mol. The standard InChI is InChI=1S/C26H31N3O3S/c1-5-16(2)20(22(30)27-15-17-11-7-6-8-12-17)28-23(31)21-26(3,4)33-25-19-14-10-9-13-18(19)24(32)29(21)25/h6-14,16,20-21,25H,5,15H2,1-4H3,(H,27,30)(H,28,31)/t16-,20-,21-,25-/m0/s1. The first-order chi connectivity index (χ1) is 15.7. The molecular weight excluding hydrogens is 434 g/mol. The van der Waals surface area contributed by atoms with Crippen LogP contribution in [0.25, 0.3) is 0 Å². The zero-order valence-corrected chi connectivity index (χ0v) is 20.3. The summed E-state index contributed by atoms with van der Waals surface area (Å²) in [5, 5.41) is 5.78. The Hall–Kier alpha value is -2.80. The Morgan fingerprint density at radius 3 is 2.45 bits per heavy atom. The van der Waals surface area contributed by atoms with E-state index < -0.39 is 16.8 Å².